The van der Waals surface area contributed by atoms with E-state index >= 15 is 0 Å². The van der Waals surface area contributed by atoms with E-state index in [2.05, 4.69) is 33.6 Å². The van der Waals surface area contributed by atoms with E-state index in [-0.39, 0.29) is 6.54 Å². The Morgan fingerprint density at radius 2 is 1.82 bits per heavy atom. The van der Waals surface area contributed by atoms with Crippen molar-refractivity contribution in [3.05, 3.63) is 41.6 Å². The van der Waals surface area contributed by atoms with E-state index < -0.39 is 11.7 Å². The van der Waals surface area contributed by atoms with E-state index in [0.717, 1.165) is 44.7 Å². The molecule has 1 aromatic carbocycles. The number of rotatable bonds is 6. The summed E-state index contributed by atoms with van der Waals surface area (Å²) in [5.41, 5.74) is 7.00. The number of hydrogen-bond acceptors (Lipinski definition) is 5. The highest BCUT2D eigenvalue weighted by atomic mass is 19.4. The second kappa shape index (κ2) is 8.45. The van der Waals surface area contributed by atoms with Crippen molar-refractivity contribution in [3.63, 3.8) is 0 Å². The number of benzene rings is 1. The Hall–Kier alpha value is -2.19. The minimum Gasteiger partial charge on any atom is -0.339 e. The van der Waals surface area contributed by atoms with Gasteiger partial charge in [0.05, 0.1) is 17.0 Å². The average Bonchev–Trinajstić information content (AvgIpc) is 3.18. The Balaban J connectivity index is 1.87. The first-order valence-corrected chi connectivity index (χ1v) is 9.60. The maximum Gasteiger partial charge on any atom is 0.416 e. The van der Waals surface area contributed by atoms with Gasteiger partial charge in [-0.15, -0.1) is 0 Å². The highest BCUT2D eigenvalue weighted by molar-refractivity contribution is 5.61. The lowest BCUT2D eigenvalue weighted by Crippen LogP contribution is -2.37. The number of nitrogens with two attached hydrogens (primary N) is 1. The smallest absolute Gasteiger partial charge is 0.339 e. The summed E-state index contributed by atoms with van der Waals surface area (Å²) in [7, 11) is 0. The number of aromatic nitrogens is 2. The predicted octanol–water partition coefficient (Wildman–Crippen LogP) is 3.54. The lowest BCUT2D eigenvalue weighted by molar-refractivity contribution is -0.137. The molecule has 0 spiro atoms. The van der Waals surface area contributed by atoms with E-state index in [9.17, 15) is 13.2 Å². The Labute approximate surface area is 163 Å². The molecule has 1 aromatic heterocycles. The molecule has 1 aliphatic heterocycles. The molecule has 1 fully saturated rings. The van der Waals surface area contributed by atoms with Gasteiger partial charge in [0.2, 0.25) is 5.95 Å². The highest BCUT2D eigenvalue weighted by Gasteiger charge is 2.30. The van der Waals surface area contributed by atoms with Gasteiger partial charge in [0.25, 0.3) is 0 Å². The molecule has 28 heavy (non-hydrogen) atoms. The molecular formula is C20H26F3N5. The van der Waals surface area contributed by atoms with Crippen molar-refractivity contribution < 1.29 is 13.2 Å². The molecular weight excluding hydrogens is 367 g/mol. The van der Waals surface area contributed by atoms with Crippen LogP contribution in [0.25, 0.3) is 11.3 Å². The predicted molar refractivity (Wildman–Crippen MR) is 104 cm³/mol. The molecule has 2 heterocycles. The first-order valence-electron chi connectivity index (χ1n) is 9.60. The van der Waals surface area contributed by atoms with Gasteiger partial charge in [-0.2, -0.15) is 13.2 Å². The molecule has 1 aliphatic rings. The van der Waals surface area contributed by atoms with Gasteiger partial charge in [-0.05, 0) is 37.7 Å². The standard InChI is InChI=1S/C20H26F3N5/c1-3-27(4-2)17-9-10-28(13-17)19-25-16(12-24)11-18(26-19)14-5-7-15(8-6-14)20(21,22)23/h5-8,11,17H,3-4,9-10,12-13,24H2,1-2H3. The summed E-state index contributed by atoms with van der Waals surface area (Å²) in [5.74, 6) is 0.590. The second-order valence-electron chi connectivity index (χ2n) is 6.93. The lowest BCUT2D eigenvalue weighted by Gasteiger charge is -2.26. The van der Waals surface area contributed by atoms with Crippen LogP contribution in [-0.2, 0) is 12.7 Å². The summed E-state index contributed by atoms with van der Waals surface area (Å²) >= 11 is 0. The summed E-state index contributed by atoms with van der Waals surface area (Å²) < 4.78 is 38.5. The van der Waals surface area contributed by atoms with Gasteiger partial charge < -0.3 is 10.6 Å². The summed E-state index contributed by atoms with van der Waals surface area (Å²) in [4.78, 5) is 13.7. The lowest BCUT2D eigenvalue weighted by atomic mass is 10.1. The Bertz CT molecular complexity index is 787. The SMILES string of the molecule is CCN(CC)C1CCN(c2nc(CN)cc(-c3ccc(C(F)(F)F)cc3)n2)C1. The number of hydrogen-bond donors (Lipinski definition) is 1. The number of likely N-dealkylation sites (N-methyl/N-ethyl adjacent to an activating group) is 1. The van der Waals surface area contributed by atoms with Crippen molar-refractivity contribution in [1.29, 1.82) is 0 Å². The fourth-order valence-electron chi connectivity index (χ4n) is 3.67. The number of anilines is 1. The van der Waals surface area contributed by atoms with E-state index in [1.54, 1.807) is 6.07 Å². The van der Waals surface area contributed by atoms with Crippen LogP contribution < -0.4 is 10.6 Å². The fraction of sp³-hybridized carbons (Fsp3) is 0.500. The first kappa shape index (κ1) is 20.5. The van der Waals surface area contributed by atoms with E-state index in [4.69, 9.17) is 5.73 Å². The maximum absolute atomic E-state index is 12.8. The normalized spacial score (nSPS) is 17.5. The van der Waals surface area contributed by atoms with Gasteiger partial charge in [-0.3, -0.25) is 4.90 Å². The number of nitrogens with zero attached hydrogens (tertiary/aromatic N) is 4. The van der Waals surface area contributed by atoms with Crippen LogP contribution in [0.5, 0.6) is 0 Å². The minimum atomic E-state index is -4.35. The molecule has 5 nitrogen and oxygen atoms in total. The molecule has 152 valence electrons. The second-order valence-corrected chi connectivity index (χ2v) is 6.93. The molecule has 1 atom stereocenters. The molecule has 0 saturated carbocycles. The minimum absolute atomic E-state index is 0.246. The largest absolute Gasteiger partial charge is 0.416 e. The molecule has 0 aliphatic carbocycles. The zero-order valence-corrected chi connectivity index (χ0v) is 16.2. The summed E-state index contributed by atoms with van der Waals surface area (Å²) in [5, 5.41) is 0. The third kappa shape index (κ3) is 4.44. The quantitative estimate of drug-likeness (QED) is 0.814. The van der Waals surface area contributed by atoms with Gasteiger partial charge >= 0.3 is 6.18 Å². The number of alkyl halides is 3. The van der Waals surface area contributed by atoms with E-state index in [1.807, 2.05) is 0 Å². The average molecular weight is 393 g/mol. The van der Waals surface area contributed by atoms with Crippen LogP contribution in [0.2, 0.25) is 0 Å². The van der Waals surface area contributed by atoms with E-state index in [0.29, 0.717) is 28.9 Å². The highest BCUT2D eigenvalue weighted by Crippen LogP contribution is 2.31. The molecule has 0 amide bonds. The maximum atomic E-state index is 12.8. The Kier molecular flexibility index (Phi) is 6.20. The van der Waals surface area contributed by atoms with Gasteiger partial charge in [-0.1, -0.05) is 26.0 Å². The van der Waals surface area contributed by atoms with Crippen LogP contribution in [-0.4, -0.2) is 47.1 Å². The molecule has 1 saturated heterocycles. The molecule has 0 bridgehead atoms. The summed E-state index contributed by atoms with van der Waals surface area (Å²) in [6, 6.07) is 7.23. The van der Waals surface area contributed by atoms with Crippen LogP contribution in [0.1, 0.15) is 31.5 Å². The molecule has 8 heteroatoms. The van der Waals surface area contributed by atoms with Crippen molar-refractivity contribution in [2.75, 3.05) is 31.1 Å². The Morgan fingerprint density at radius 1 is 1.14 bits per heavy atom. The third-order valence-electron chi connectivity index (χ3n) is 5.26. The van der Waals surface area contributed by atoms with Gasteiger partial charge in [-0.25, -0.2) is 9.97 Å². The van der Waals surface area contributed by atoms with Crippen LogP contribution in [0.15, 0.2) is 30.3 Å². The van der Waals surface area contributed by atoms with Crippen LogP contribution in [0, 0.1) is 0 Å². The van der Waals surface area contributed by atoms with Crippen molar-refractivity contribution in [2.45, 2.75) is 39.0 Å². The van der Waals surface area contributed by atoms with Gasteiger partial charge in [0.15, 0.2) is 0 Å². The molecule has 2 aromatic rings. The van der Waals surface area contributed by atoms with Crippen LogP contribution in [0.4, 0.5) is 19.1 Å². The molecule has 2 N–H and O–H groups in total. The Morgan fingerprint density at radius 3 is 2.39 bits per heavy atom. The first-order chi connectivity index (χ1) is 13.4. The van der Waals surface area contributed by atoms with Crippen LogP contribution in [0.3, 0.4) is 0 Å². The third-order valence-corrected chi connectivity index (χ3v) is 5.26. The monoisotopic (exact) mass is 393 g/mol. The zero-order valence-electron chi connectivity index (χ0n) is 16.2. The molecule has 3 rings (SSSR count). The van der Waals surface area contributed by atoms with Crippen molar-refractivity contribution in [1.82, 2.24) is 14.9 Å². The molecule has 0 radical (unpaired) electrons. The van der Waals surface area contributed by atoms with Crippen LogP contribution >= 0.6 is 0 Å². The number of halogens is 3. The van der Waals surface area contributed by atoms with Gasteiger partial charge in [0, 0.05) is 31.2 Å². The summed E-state index contributed by atoms with van der Waals surface area (Å²) in [6.45, 7) is 8.23. The van der Waals surface area contributed by atoms with Crippen molar-refractivity contribution >= 4 is 5.95 Å². The topological polar surface area (TPSA) is 58.3 Å². The van der Waals surface area contributed by atoms with E-state index in [1.165, 1.54) is 12.1 Å². The molecule has 1 unspecified atom stereocenters. The zero-order chi connectivity index (χ0) is 20.3. The summed E-state index contributed by atoms with van der Waals surface area (Å²) in [6.07, 6.45) is -3.32. The fourth-order valence-corrected chi connectivity index (χ4v) is 3.67. The van der Waals surface area contributed by atoms with Gasteiger partial charge in [0.1, 0.15) is 0 Å². The van der Waals surface area contributed by atoms with Crippen molar-refractivity contribution in [3.8, 4) is 11.3 Å². The van der Waals surface area contributed by atoms with Crippen molar-refractivity contribution in [2.24, 2.45) is 5.73 Å².